The van der Waals surface area contributed by atoms with Gasteiger partial charge < -0.3 is 4.74 Å². The number of piperazine rings is 1. The van der Waals surface area contributed by atoms with Crippen LogP contribution in [0.25, 0.3) is 0 Å². The smallest absolute Gasteiger partial charge is 0.324 e. The van der Waals surface area contributed by atoms with Crippen molar-refractivity contribution in [2.24, 2.45) is 0 Å². The molecular weight excluding hydrogens is 192 g/mol. The Bertz CT molecular complexity index is 260. The van der Waals surface area contributed by atoms with E-state index in [1.54, 1.807) is 0 Å². The van der Waals surface area contributed by atoms with Crippen molar-refractivity contribution in [1.29, 1.82) is 0 Å². The molecule has 0 N–H and O–H groups in total. The Morgan fingerprint density at radius 2 is 2.00 bits per heavy atom. The van der Waals surface area contributed by atoms with Crippen LogP contribution in [0.5, 0.6) is 0 Å². The Kier molecular flexibility index (Phi) is 2.73. The quantitative estimate of drug-likeness (QED) is 0.542. The molecule has 4 nitrogen and oxygen atoms in total. The van der Waals surface area contributed by atoms with E-state index in [0.29, 0.717) is 6.61 Å². The van der Waals surface area contributed by atoms with Crippen LogP contribution in [-0.4, -0.2) is 60.1 Å². The number of fused-ring (bicyclic) bond motifs is 1. The second-order valence-electron chi connectivity index (χ2n) is 5.34. The minimum Gasteiger partial charge on any atom is -0.463 e. The van der Waals surface area contributed by atoms with Gasteiger partial charge in [0.25, 0.3) is 0 Å². The van der Waals surface area contributed by atoms with Crippen LogP contribution >= 0.6 is 0 Å². The number of hydrogen-bond acceptors (Lipinski definition) is 4. The third-order valence-electron chi connectivity index (χ3n) is 3.33. The Labute approximate surface area is 91.2 Å². The molecule has 2 aliphatic heterocycles. The number of carbonyl (C=O) groups excluding carboxylic acids is 1. The first-order chi connectivity index (χ1) is 6.98. The van der Waals surface area contributed by atoms with Gasteiger partial charge in [-0.2, -0.15) is 0 Å². The highest BCUT2D eigenvalue weighted by atomic mass is 16.5. The fraction of sp³-hybridized carbons (Fsp3) is 0.909. The number of hydrogen-bond donors (Lipinski definition) is 0. The van der Waals surface area contributed by atoms with Gasteiger partial charge in [0.1, 0.15) is 12.6 Å². The topological polar surface area (TPSA) is 32.8 Å². The summed E-state index contributed by atoms with van der Waals surface area (Å²) in [5, 5.41) is 0. The van der Waals surface area contributed by atoms with Crippen LogP contribution < -0.4 is 0 Å². The van der Waals surface area contributed by atoms with Crippen LogP contribution in [0, 0.1) is 0 Å². The fourth-order valence-electron chi connectivity index (χ4n) is 2.28. The van der Waals surface area contributed by atoms with Gasteiger partial charge in [0.15, 0.2) is 0 Å². The largest absolute Gasteiger partial charge is 0.463 e. The van der Waals surface area contributed by atoms with Crippen molar-refractivity contribution in [3.63, 3.8) is 0 Å². The number of esters is 1. The first-order valence-electron chi connectivity index (χ1n) is 5.64. The van der Waals surface area contributed by atoms with Crippen LogP contribution in [-0.2, 0) is 9.53 Å². The van der Waals surface area contributed by atoms with Gasteiger partial charge in [-0.05, 0) is 20.8 Å². The molecule has 4 heteroatoms. The number of cyclic esters (lactones) is 1. The second kappa shape index (κ2) is 3.76. The van der Waals surface area contributed by atoms with Crippen molar-refractivity contribution in [2.45, 2.75) is 32.4 Å². The number of morpholine rings is 1. The molecule has 2 rings (SSSR count). The zero-order valence-corrected chi connectivity index (χ0v) is 9.82. The summed E-state index contributed by atoms with van der Waals surface area (Å²) in [6, 6.07) is -0.0354. The SMILES string of the molecule is CC(C)(C)N1CCN2CCOC(=O)C2C1. The van der Waals surface area contributed by atoms with E-state index in [2.05, 4.69) is 30.6 Å². The van der Waals surface area contributed by atoms with Crippen LogP contribution in [0.4, 0.5) is 0 Å². The summed E-state index contributed by atoms with van der Waals surface area (Å²) >= 11 is 0. The minimum atomic E-state index is -0.0461. The summed E-state index contributed by atoms with van der Waals surface area (Å²) in [5.41, 5.74) is 0.143. The molecule has 0 aromatic heterocycles. The normalized spacial score (nSPS) is 29.8. The highest BCUT2D eigenvalue weighted by molar-refractivity contribution is 5.77. The van der Waals surface area contributed by atoms with E-state index in [0.717, 1.165) is 26.2 Å². The number of carbonyl (C=O) groups is 1. The zero-order chi connectivity index (χ0) is 11.1. The van der Waals surface area contributed by atoms with Crippen molar-refractivity contribution in [2.75, 3.05) is 32.8 Å². The molecule has 2 heterocycles. The molecule has 1 unspecified atom stereocenters. The zero-order valence-electron chi connectivity index (χ0n) is 9.82. The van der Waals surface area contributed by atoms with E-state index in [-0.39, 0.29) is 17.6 Å². The van der Waals surface area contributed by atoms with Gasteiger partial charge in [-0.1, -0.05) is 0 Å². The molecule has 0 bridgehead atoms. The van der Waals surface area contributed by atoms with Crippen molar-refractivity contribution < 1.29 is 9.53 Å². The lowest BCUT2D eigenvalue weighted by molar-refractivity contribution is -0.162. The van der Waals surface area contributed by atoms with Gasteiger partial charge in [-0.15, -0.1) is 0 Å². The lowest BCUT2D eigenvalue weighted by Gasteiger charge is -2.47. The molecule has 0 amide bonds. The maximum absolute atomic E-state index is 11.6. The van der Waals surface area contributed by atoms with Gasteiger partial charge in [-0.3, -0.25) is 14.6 Å². The summed E-state index contributed by atoms with van der Waals surface area (Å²) in [6.45, 7) is 10.9. The maximum atomic E-state index is 11.6. The van der Waals surface area contributed by atoms with Crippen LogP contribution in [0.2, 0.25) is 0 Å². The molecule has 0 spiro atoms. The molecule has 2 fully saturated rings. The lowest BCUT2D eigenvalue weighted by Crippen LogP contribution is -2.63. The predicted octanol–water partition coefficient (Wildman–Crippen LogP) is 0.328. The van der Waals surface area contributed by atoms with Gasteiger partial charge in [0.05, 0.1) is 0 Å². The summed E-state index contributed by atoms with van der Waals surface area (Å²) in [6.07, 6.45) is 0. The minimum absolute atomic E-state index is 0.0354. The Morgan fingerprint density at radius 3 is 2.67 bits per heavy atom. The number of nitrogens with zero attached hydrogens (tertiary/aromatic N) is 2. The van der Waals surface area contributed by atoms with Gasteiger partial charge >= 0.3 is 5.97 Å². The van der Waals surface area contributed by atoms with Crippen LogP contribution in [0.3, 0.4) is 0 Å². The third-order valence-corrected chi connectivity index (χ3v) is 3.33. The molecule has 15 heavy (non-hydrogen) atoms. The summed E-state index contributed by atoms with van der Waals surface area (Å²) < 4.78 is 5.10. The number of ether oxygens (including phenoxy) is 1. The van der Waals surface area contributed by atoms with Crippen LogP contribution in [0.15, 0.2) is 0 Å². The van der Waals surface area contributed by atoms with Crippen molar-refractivity contribution in [3.05, 3.63) is 0 Å². The highest BCUT2D eigenvalue weighted by Gasteiger charge is 2.38. The summed E-state index contributed by atoms with van der Waals surface area (Å²) in [4.78, 5) is 16.2. The fourth-order valence-corrected chi connectivity index (χ4v) is 2.28. The van der Waals surface area contributed by atoms with Gasteiger partial charge in [0, 0.05) is 31.7 Å². The average molecular weight is 212 g/mol. The molecular formula is C11H20N2O2. The standard InChI is InChI=1S/C11H20N2O2/c1-11(2,3)13-5-4-12-6-7-15-10(14)9(12)8-13/h9H,4-8H2,1-3H3. The second-order valence-corrected chi connectivity index (χ2v) is 5.34. The van der Waals surface area contributed by atoms with Crippen molar-refractivity contribution in [3.8, 4) is 0 Å². The van der Waals surface area contributed by atoms with E-state index in [1.807, 2.05) is 0 Å². The molecule has 0 radical (unpaired) electrons. The maximum Gasteiger partial charge on any atom is 0.324 e. The molecule has 2 saturated heterocycles. The van der Waals surface area contributed by atoms with E-state index in [9.17, 15) is 4.79 Å². The van der Waals surface area contributed by atoms with Gasteiger partial charge in [-0.25, -0.2) is 0 Å². The Hall–Kier alpha value is -0.610. The molecule has 1 atom stereocenters. The molecule has 86 valence electrons. The van der Waals surface area contributed by atoms with E-state index in [1.165, 1.54) is 0 Å². The van der Waals surface area contributed by atoms with E-state index in [4.69, 9.17) is 4.74 Å². The summed E-state index contributed by atoms with van der Waals surface area (Å²) in [7, 11) is 0. The predicted molar refractivity (Wildman–Crippen MR) is 57.6 cm³/mol. The lowest BCUT2D eigenvalue weighted by atomic mass is 10.0. The van der Waals surface area contributed by atoms with E-state index >= 15 is 0 Å². The first-order valence-corrected chi connectivity index (χ1v) is 5.64. The third kappa shape index (κ3) is 2.16. The monoisotopic (exact) mass is 212 g/mol. The van der Waals surface area contributed by atoms with Crippen LogP contribution in [0.1, 0.15) is 20.8 Å². The Morgan fingerprint density at radius 1 is 1.27 bits per heavy atom. The molecule has 2 aliphatic rings. The summed E-state index contributed by atoms with van der Waals surface area (Å²) in [5.74, 6) is -0.0461. The van der Waals surface area contributed by atoms with Crippen molar-refractivity contribution >= 4 is 5.97 Å². The molecule has 0 aliphatic carbocycles. The number of rotatable bonds is 0. The Balaban J connectivity index is 2.05. The van der Waals surface area contributed by atoms with Crippen molar-refractivity contribution in [1.82, 2.24) is 9.80 Å². The molecule has 0 saturated carbocycles. The average Bonchev–Trinajstić information content (AvgIpc) is 2.16. The highest BCUT2D eigenvalue weighted by Crippen LogP contribution is 2.21. The van der Waals surface area contributed by atoms with E-state index < -0.39 is 0 Å². The molecule has 0 aromatic carbocycles. The van der Waals surface area contributed by atoms with Gasteiger partial charge in [0.2, 0.25) is 0 Å². The first kappa shape index (κ1) is 10.9. The molecule has 0 aromatic rings.